The van der Waals surface area contributed by atoms with Crippen molar-refractivity contribution in [3.63, 3.8) is 0 Å². The van der Waals surface area contributed by atoms with Gasteiger partial charge in [0.05, 0.1) is 11.1 Å². The molecule has 0 saturated heterocycles. The minimum absolute atomic E-state index is 0.0213. The van der Waals surface area contributed by atoms with Gasteiger partial charge in [-0.25, -0.2) is 0 Å². The van der Waals surface area contributed by atoms with Crippen LogP contribution in [0.1, 0.15) is 39.6 Å². The minimum atomic E-state index is -4.57. The molecule has 0 aliphatic heterocycles. The zero-order valence-electron chi connectivity index (χ0n) is 12.8. The first-order valence-electron chi connectivity index (χ1n) is 7.52. The summed E-state index contributed by atoms with van der Waals surface area (Å²) >= 11 is 1.56. The summed E-state index contributed by atoms with van der Waals surface area (Å²) in [6.07, 6.45) is -3.46. The number of thiophene rings is 1. The van der Waals surface area contributed by atoms with Crippen LogP contribution in [0.5, 0.6) is 0 Å². The van der Waals surface area contributed by atoms with Crippen LogP contribution in [0.2, 0.25) is 0 Å². The van der Waals surface area contributed by atoms with Gasteiger partial charge in [0.25, 0.3) is 5.91 Å². The monoisotopic (exact) mass is 357 g/mol. The van der Waals surface area contributed by atoms with Crippen LogP contribution in [0.25, 0.3) is 0 Å². The molecule has 1 aromatic heterocycles. The number of nitrogens with one attached hydrogen (secondary N) is 1. The smallest absolute Gasteiger partial charge is 0.396 e. The molecule has 7 heteroatoms. The molecule has 24 heavy (non-hydrogen) atoms. The summed E-state index contributed by atoms with van der Waals surface area (Å²) in [4.78, 5) is 13.2. The second-order valence-electron chi connectivity index (χ2n) is 5.31. The Balaban J connectivity index is 1.98. The number of hydrogen-bond donors (Lipinski definition) is 2. The molecule has 0 aliphatic rings. The number of amides is 1. The summed E-state index contributed by atoms with van der Waals surface area (Å²) in [5.74, 6) is -0.662. The Labute approximate surface area is 142 Å². The van der Waals surface area contributed by atoms with E-state index in [0.717, 1.165) is 10.9 Å². The predicted molar refractivity (Wildman–Crippen MR) is 87.2 cm³/mol. The predicted octanol–water partition coefficient (Wildman–Crippen LogP) is 4.05. The molecule has 3 nitrogen and oxygen atoms in total. The molecular formula is C17H18F3NO2S. The highest BCUT2D eigenvalue weighted by molar-refractivity contribution is 7.10. The van der Waals surface area contributed by atoms with E-state index in [9.17, 15) is 18.0 Å². The molecule has 1 amide bonds. The number of carbonyl (C=O) groups excluding carboxylic acids is 1. The van der Waals surface area contributed by atoms with E-state index in [4.69, 9.17) is 5.11 Å². The number of hydrogen-bond acceptors (Lipinski definition) is 3. The van der Waals surface area contributed by atoms with Gasteiger partial charge in [-0.05, 0) is 42.3 Å². The average molecular weight is 357 g/mol. The second kappa shape index (κ2) is 8.30. The fraction of sp³-hybridized carbons (Fsp3) is 0.353. The fourth-order valence-corrected chi connectivity index (χ4v) is 3.39. The number of aliphatic hydroxyl groups excluding tert-OH is 1. The van der Waals surface area contributed by atoms with E-state index in [1.165, 1.54) is 18.2 Å². The number of aliphatic hydroxyl groups is 1. The number of carbonyl (C=O) groups is 1. The molecule has 130 valence electrons. The first-order valence-corrected chi connectivity index (χ1v) is 8.40. The van der Waals surface area contributed by atoms with Crippen LogP contribution in [0.15, 0.2) is 41.8 Å². The Bertz CT molecular complexity index is 656. The van der Waals surface area contributed by atoms with E-state index in [0.29, 0.717) is 12.8 Å². The maximum atomic E-state index is 12.9. The normalized spacial score (nSPS) is 12.8. The van der Waals surface area contributed by atoms with E-state index >= 15 is 0 Å². The lowest BCUT2D eigenvalue weighted by molar-refractivity contribution is -0.137. The van der Waals surface area contributed by atoms with Gasteiger partial charge in [0, 0.05) is 18.0 Å². The quantitative estimate of drug-likeness (QED) is 0.785. The number of benzene rings is 1. The van der Waals surface area contributed by atoms with Crippen LogP contribution in [-0.4, -0.2) is 24.2 Å². The SMILES string of the molecule is O=C(NCC[C@@H](CCO)c1cccs1)c1ccccc1C(F)(F)F. The Morgan fingerprint density at radius 1 is 1.17 bits per heavy atom. The maximum Gasteiger partial charge on any atom is 0.417 e. The van der Waals surface area contributed by atoms with Crippen LogP contribution in [0.3, 0.4) is 0 Å². The third-order valence-corrected chi connectivity index (χ3v) is 4.71. The third-order valence-electron chi connectivity index (χ3n) is 3.68. The zero-order chi connectivity index (χ0) is 17.6. The highest BCUT2D eigenvalue weighted by Crippen LogP contribution is 2.32. The van der Waals surface area contributed by atoms with Crippen LogP contribution in [0.4, 0.5) is 13.2 Å². The van der Waals surface area contributed by atoms with E-state index in [1.54, 1.807) is 11.3 Å². The Kier molecular flexibility index (Phi) is 6.39. The van der Waals surface area contributed by atoms with Crippen molar-refractivity contribution < 1.29 is 23.1 Å². The van der Waals surface area contributed by atoms with E-state index in [2.05, 4.69) is 5.32 Å². The molecule has 1 aromatic carbocycles. The Morgan fingerprint density at radius 3 is 2.54 bits per heavy atom. The van der Waals surface area contributed by atoms with Crippen molar-refractivity contribution >= 4 is 17.2 Å². The van der Waals surface area contributed by atoms with Crippen LogP contribution < -0.4 is 5.32 Å². The molecule has 0 bridgehead atoms. The summed E-state index contributed by atoms with van der Waals surface area (Å²) < 4.78 is 38.8. The summed E-state index contributed by atoms with van der Waals surface area (Å²) in [6, 6.07) is 8.59. The van der Waals surface area contributed by atoms with Crippen LogP contribution >= 0.6 is 11.3 Å². The molecule has 0 spiro atoms. The molecule has 0 saturated carbocycles. The summed E-state index contributed by atoms with van der Waals surface area (Å²) in [6.45, 7) is 0.265. The highest BCUT2D eigenvalue weighted by Gasteiger charge is 2.34. The van der Waals surface area contributed by atoms with E-state index in [1.807, 2.05) is 17.5 Å². The fourth-order valence-electron chi connectivity index (χ4n) is 2.49. The van der Waals surface area contributed by atoms with Gasteiger partial charge in [-0.3, -0.25) is 4.79 Å². The van der Waals surface area contributed by atoms with Crippen molar-refractivity contribution in [2.75, 3.05) is 13.2 Å². The standard InChI is InChI=1S/C17H18F3NO2S/c18-17(19,20)14-5-2-1-4-13(14)16(23)21-9-7-12(8-10-22)15-6-3-11-24-15/h1-6,11-12,22H,7-10H2,(H,21,23)/t12-/m0/s1. The molecular weight excluding hydrogens is 339 g/mol. The van der Waals surface area contributed by atoms with Gasteiger partial charge >= 0.3 is 6.18 Å². The molecule has 0 fully saturated rings. The molecule has 2 N–H and O–H groups in total. The Morgan fingerprint density at radius 2 is 1.92 bits per heavy atom. The number of rotatable bonds is 7. The topological polar surface area (TPSA) is 49.3 Å². The van der Waals surface area contributed by atoms with E-state index in [-0.39, 0.29) is 24.6 Å². The van der Waals surface area contributed by atoms with Crippen molar-refractivity contribution in [3.05, 3.63) is 57.8 Å². The highest BCUT2D eigenvalue weighted by atomic mass is 32.1. The molecule has 2 rings (SSSR count). The van der Waals surface area contributed by atoms with Gasteiger partial charge in [-0.2, -0.15) is 13.2 Å². The lowest BCUT2D eigenvalue weighted by atomic mass is 9.99. The van der Waals surface area contributed by atoms with Gasteiger partial charge in [-0.1, -0.05) is 18.2 Å². The summed E-state index contributed by atoms with van der Waals surface area (Å²) in [5, 5.41) is 13.6. The lowest BCUT2D eigenvalue weighted by Crippen LogP contribution is -2.28. The van der Waals surface area contributed by atoms with E-state index < -0.39 is 17.6 Å². The molecule has 1 atom stereocenters. The zero-order valence-corrected chi connectivity index (χ0v) is 13.7. The number of halogens is 3. The van der Waals surface area contributed by atoms with Crippen LogP contribution in [-0.2, 0) is 6.18 Å². The van der Waals surface area contributed by atoms with Crippen molar-refractivity contribution in [3.8, 4) is 0 Å². The minimum Gasteiger partial charge on any atom is -0.396 e. The van der Waals surface area contributed by atoms with Crippen LogP contribution in [0, 0.1) is 0 Å². The molecule has 0 radical (unpaired) electrons. The first-order chi connectivity index (χ1) is 11.4. The van der Waals surface area contributed by atoms with Crippen molar-refractivity contribution in [1.82, 2.24) is 5.32 Å². The van der Waals surface area contributed by atoms with Crippen molar-refractivity contribution in [2.45, 2.75) is 24.9 Å². The molecule has 1 heterocycles. The van der Waals surface area contributed by atoms with Gasteiger partial charge in [0.2, 0.25) is 0 Å². The van der Waals surface area contributed by atoms with Crippen molar-refractivity contribution in [2.24, 2.45) is 0 Å². The summed E-state index contributed by atoms with van der Waals surface area (Å²) in [5.41, 5.74) is -1.31. The molecule has 0 aliphatic carbocycles. The molecule has 0 unspecified atom stereocenters. The van der Waals surface area contributed by atoms with Gasteiger partial charge < -0.3 is 10.4 Å². The largest absolute Gasteiger partial charge is 0.417 e. The van der Waals surface area contributed by atoms with Gasteiger partial charge in [-0.15, -0.1) is 11.3 Å². The molecule has 2 aromatic rings. The first kappa shape index (κ1) is 18.5. The summed E-state index contributed by atoms with van der Waals surface area (Å²) in [7, 11) is 0. The maximum absolute atomic E-state index is 12.9. The van der Waals surface area contributed by atoms with Gasteiger partial charge in [0.1, 0.15) is 0 Å². The lowest BCUT2D eigenvalue weighted by Gasteiger charge is -2.16. The van der Waals surface area contributed by atoms with Crippen molar-refractivity contribution in [1.29, 1.82) is 0 Å². The Hall–Kier alpha value is -1.86. The third kappa shape index (κ3) is 4.82. The average Bonchev–Trinajstić information content (AvgIpc) is 3.07. The van der Waals surface area contributed by atoms with Gasteiger partial charge in [0.15, 0.2) is 0 Å². The second-order valence-corrected chi connectivity index (χ2v) is 6.29. The number of alkyl halides is 3.